The molecule has 100 valence electrons. The van der Waals surface area contributed by atoms with E-state index in [0.29, 0.717) is 0 Å². The van der Waals surface area contributed by atoms with Crippen molar-refractivity contribution < 1.29 is 18.6 Å². The molecule has 2 nitrogen and oxygen atoms in total. The molecule has 1 unspecified atom stereocenters. The highest BCUT2D eigenvalue weighted by atomic mass is 35.5. The van der Waals surface area contributed by atoms with Crippen LogP contribution in [0.4, 0.5) is 8.78 Å². The average Bonchev–Trinajstić information content (AvgIpc) is 2.41. The van der Waals surface area contributed by atoms with E-state index in [4.69, 9.17) is 16.3 Å². The monoisotopic (exact) mass is 284 g/mol. The molecule has 2 aromatic rings. The minimum absolute atomic E-state index is 0.0148. The molecule has 5 heteroatoms. The molecule has 0 aliphatic rings. The Hall–Kier alpha value is -1.65. The van der Waals surface area contributed by atoms with Gasteiger partial charge in [-0.1, -0.05) is 35.9 Å². The Kier molecular flexibility index (Phi) is 4.02. The van der Waals surface area contributed by atoms with Crippen LogP contribution in [0.25, 0.3) is 0 Å². The third-order valence-corrected chi connectivity index (χ3v) is 3.08. The van der Waals surface area contributed by atoms with Crippen molar-refractivity contribution in [3.05, 3.63) is 64.2 Å². The van der Waals surface area contributed by atoms with Crippen molar-refractivity contribution in [2.24, 2.45) is 0 Å². The van der Waals surface area contributed by atoms with E-state index in [1.54, 1.807) is 0 Å². The molecule has 0 aromatic heterocycles. The Bertz CT molecular complexity index is 602. The third kappa shape index (κ3) is 2.55. The largest absolute Gasteiger partial charge is 0.494 e. The van der Waals surface area contributed by atoms with Gasteiger partial charge in [0.2, 0.25) is 0 Å². The quantitative estimate of drug-likeness (QED) is 0.931. The number of ether oxygens (including phenoxy) is 1. The van der Waals surface area contributed by atoms with Gasteiger partial charge in [-0.2, -0.15) is 0 Å². The fraction of sp³-hybridized carbons (Fsp3) is 0.143. The molecule has 19 heavy (non-hydrogen) atoms. The number of methoxy groups -OCH3 is 1. The lowest BCUT2D eigenvalue weighted by Crippen LogP contribution is -2.06. The van der Waals surface area contributed by atoms with Crippen LogP contribution in [0.15, 0.2) is 36.4 Å². The van der Waals surface area contributed by atoms with Crippen LogP contribution in [-0.4, -0.2) is 12.2 Å². The van der Waals surface area contributed by atoms with E-state index in [1.165, 1.54) is 43.5 Å². The van der Waals surface area contributed by atoms with Crippen LogP contribution in [0.5, 0.6) is 5.75 Å². The summed E-state index contributed by atoms with van der Waals surface area (Å²) in [6, 6.07) is 8.49. The van der Waals surface area contributed by atoms with Crippen LogP contribution in [0.2, 0.25) is 5.02 Å². The number of benzene rings is 2. The molecular weight excluding hydrogens is 274 g/mol. The van der Waals surface area contributed by atoms with Crippen molar-refractivity contribution in [3.63, 3.8) is 0 Å². The molecule has 1 atom stereocenters. The molecule has 0 aliphatic carbocycles. The molecule has 1 N–H and O–H groups in total. The Morgan fingerprint density at radius 2 is 1.63 bits per heavy atom. The standard InChI is InChI=1S/C14H11ClF2O2/c1-19-11-7-3-5-9(13(11)17)14(18)8-4-2-6-10(15)12(8)16/h2-7,14,18H,1H3. The van der Waals surface area contributed by atoms with Gasteiger partial charge in [-0.3, -0.25) is 0 Å². The number of rotatable bonds is 3. The van der Waals surface area contributed by atoms with E-state index in [9.17, 15) is 13.9 Å². The van der Waals surface area contributed by atoms with Crippen molar-refractivity contribution in [3.8, 4) is 5.75 Å². The summed E-state index contributed by atoms with van der Waals surface area (Å²) in [5.41, 5.74) is -0.153. The van der Waals surface area contributed by atoms with Gasteiger partial charge in [0.25, 0.3) is 0 Å². The molecule has 0 amide bonds. The fourth-order valence-electron chi connectivity index (χ4n) is 1.80. The number of hydrogen-bond donors (Lipinski definition) is 1. The first-order chi connectivity index (χ1) is 9.06. The highest BCUT2D eigenvalue weighted by Gasteiger charge is 2.21. The predicted octanol–water partition coefficient (Wildman–Crippen LogP) is 3.71. The van der Waals surface area contributed by atoms with Gasteiger partial charge in [-0.15, -0.1) is 0 Å². The second-order valence-corrected chi connectivity index (χ2v) is 4.32. The van der Waals surface area contributed by atoms with Crippen LogP contribution < -0.4 is 4.74 Å². The lowest BCUT2D eigenvalue weighted by molar-refractivity contribution is 0.208. The van der Waals surface area contributed by atoms with Gasteiger partial charge in [0.15, 0.2) is 11.6 Å². The molecule has 0 radical (unpaired) electrons. The maximum atomic E-state index is 14.0. The summed E-state index contributed by atoms with van der Waals surface area (Å²) in [6.45, 7) is 0. The van der Waals surface area contributed by atoms with Crippen LogP contribution >= 0.6 is 11.6 Å². The number of hydrogen-bond acceptors (Lipinski definition) is 2. The van der Waals surface area contributed by atoms with Gasteiger partial charge in [-0.25, -0.2) is 8.78 Å². The molecule has 0 heterocycles. The molecule has 2 aromatic carbocycles. The van der Waals surface area contributed by atoms with Crippen LogP contribution in [0.3, 0.4) is 0 Å². The molecule has 0 fully saturated rings. The smallest absolute Gasteiger partial charge is 0.171 e. The van der Waals surface area contributed by atoms with E-state index in [2.05, 4.69) is 0 Å². The predicted molar refractivity (Wildman–Crippen MR) is 68.4 cm³/mol. The Balaban J connectivity index is 2.50. The summed E-state index contributed by atoms with van der Waals surface area (Å²) in [5.74, 6) is -1.50. The van der Waals surface area contributed by atoms with Crippen LogP contribution in [-0.2, 0) is 0 Å². The summed E-state index contributed by atoms with van der Waals surface area (Å²) < 4.78 is 32.6. The summed E-state index contributed by atoms with van der Waals surface area (Å²) in [7, 11) is 1.31. The first kappa shape index (κ1) is 13.8. The lowest BCUT2D eigenvalue weighted by Gasteiger charge is -2.15. The molecular formula is C14H11ClF2O2. The first-order valence-corrected chi connectivity index (χ1v) is 5.88. The number of aliphatic hydroxyl groups is 1. The van der Waals surface area contributed by atoms with Crippen LogP contribution in [0, 0.1) is 11.6 Å². The van der Waals surface area contributed by atoms with Gasteiger partial charge in [-0.05, 0) is 12.1 Å². The van der Waals surface area contributed by atoms with Gasteiger partial charge in [0.1, 0.15) is 11.9 Å². The molecule has 2 rings (SSSR count). The highest BCUT2D eigenvalue weighted by Crippen LogP contribution is 2.32. The minimum Gasteiger partial charge on any atom is -0.494 e. The zero-order valence-corrected chi connectivity index (χ0v) is 10.8. The normalized spacial score (nSPS) is 12.3. The average molecular weight is 285 g/mol. The zero-order chi connectivity index (χ0) is 14.0. The highest BCUT2D eigenvalue weighted by molar-refractivity contribution is 6.30. The summed E-state index contributed by atoms with van der Waals surface area (Å²) in [4.78, 5) is 0. The van der Waals surface area contributed by atoms with Gasteiger partial charge >= 0.3 is 0 Å². The minimum atomic E-state index is -1.45. The maximum Gasteiger partial charge on any atom is 0.171 e. The van der Waals surface area contributed by atoms with Crippen molar-refractivity contribution in [2.75, 3.05) is 7.11 Å². The van der Waals surface area contributed by atoms with Gasteiger partial charge in [0.05, 0.1) is 12.1 Å². The van der Waals surface area contributed by atoms with E-state index in [1.807, 2.05) is 0 Å². The molecule has 0 bridgehead atoms. The van der Waals surface area contributed by atoms with Crippen molar-refractivity contribution in [2.45, 2.75) is 6.10 Å². The maximum absolute atomic E-state index is 14.0. The third-order valence-electron chi connectivity index (χ3n) is 2.78. The molecule has 0 saturated heterocycles. The van der Waals surface area contributed by atoms with Gasteiger partial charge in [0, 0.05) is 11.1 Å². The second kappa shape index (κ2) is 5.55. The lowest BCUT2D eigenvalue weighted by atomic mass is 10.0. The Morgan fingerprint density at radius 3 is 2.26 bits per heavy atom. The second-order valence-electron chi connectivity index (χ2n) is 3.91. The van der Waals surface area contributed by atoms with Crippen molar-refractivity contribution >= 4 is 11.6 Å². The Morgan fingerprint density at radius 1 is 1.05 bits per heavy atom. The fourth-order valence-corrected chi connectivity index (χ4v) is 1.98. The molecule has 0 saturated carbocycles. The van der Waals surface area contributed by atoms with E-state index >= 15 is 0 Å². The molecule has 0 spiro atoms. The van der Waals surface area contributed by atoms with Crippen LogP contribution in [0.1, 0.15) is 17.2 Å². The zero-order valence-electron chi connectivity index (χ0n) is 10.0. The van der Waals surface area contributed by atoms with Crippen molar-refractivity contribution in [1.82, 2.24) is 0 Å². The molecule has 0 aliphatic heterocycles. The van der Waals surface area contributed by atoms with Gasteiger partial charge < -0.3 is 9.84 Å². The van der Waals surface area contributed by atoms with E-state index in [0.717, 1.165) is 0 Å². The summed E-state index contributed by atoms with van der Waals surface area (Å²) in [5, 5.41) is 9.98. The topological polar surface area (TPSA) is 29.5 Å². The van der Waals surface area contributed by atoms with E-state index < -0.39 is 17.7 Å². The summed E-state index contributed by atoms with van der Waals surface area (Å²) in [6.07, 6.45) is -1.45. The number of aliphatic hydroxyl groups excluding tert-OH is 1. The summed E-state index contributed by atoms with van der Waals surface area (Å²) >= 11 is 5.64. The Labute approximate surface area is 114 Å². The number of halogens is 3. The van der Waals surface area contributed by atoms with Crippen molar-refractivity contribution in [1.29, 1.82) is 0 Å². The SMILES string of the molecule is COc1cccc(C(O)c2cccc(Cl)c2F)c1F. The van der Waals surface area contributed by atoms with E-state index in [-0.39, 0.29) is 21.9 Å². The first-order valence-electron chi connectivity index (χ1n) is 5.50.